The molecule has 0 aromatic rings. The number of aliphatic hydroxyl groups excluding tert-OH is 2. The minimum atomic E-state index is -0.481. The SMILES string of the molecule is NC1[C@@H](O)CC[C@@H]1O. The fourth-order valence-electron chi connectivity index (χ4n) is 0.983. The molecule has 0 unspecified atom stereocenters. The third kappa shape index (κ3) is 0.844. The van der Waals surface area contributed by atoms with Gasteiger partial charge in [-0.15, -0.1) is 0 Å². The van der Waals surface area contributed by atoms with Gasteiger partial charge in [-0.05, 0) is 12.8 Å². The molecule has 1 fully saturated rings. The van der Waals surface area contributed by atoms with Gasteiger partial charge in [0.25, 0.3) is 0 Å². The van der Waals surface area contributed by atoms with Crippen LogP contribution in [0.1, 0.15) is 12.8 Å². The Morgan fingerprint density at radius 1 is 1.12 bits per heavy atom. The van der Waals surface area contributed by atoms with Crippen LogP contribution < -0.4 is 5.73 Å². The maximum Gasteiger partial charge on any atom is 0.0717 e. The minimum Gasteiger partial charge on any atom is -0.391 e. The smallest absolute Gasteiger partial charge is 0.0717 e. The summed E-state index contributed by atoms with van der Waals surface area (Å²) in [7, 11) is 0. The fraction of sp³-hybridized carbons (Fsp3) is 1.00. The van der Waals surface area contributed by atoms with Gasteiger partial charge in [-0.25, -0.2) is 0 Å². The van der Waals surface area contributed by atoms with Crippen LogP contribution in [0.15, 0.2) is 0 Å². The normalized spacial score (nSPS) is 40.9. The van der Waals surface area contributed by atoms with Crippen molar-refractivity contribution in [2.24, 2.45) is 5.73 Å². The van der Waals surface area contributed by atoms with Gasteiger partial charge in [0.15, 0.2) is 0 Å². The average molecular weight is 117 g/mol. The van der Waals surface area contributed by atoms with Gasteiger partial charge in [0.05, 0.1) is 18.2 Å². The zero-order chi connectivity index (χ0) is 6.15. The molecule has 48 valence electrons. The first kappa shape index (κ1) is 6.01. The van der Waals surface area contributed by atoms with Crippen LogP contribution in [0, 0.1) is 0 Å². The van der Waals surface area contributed by atoms with Gasteiger partial charge in [0.1, 0.15) is 0 Å². The van der Waals surface area contributed by atoms with Crippen LogP contribution in [0.25, 0.3) is 0 Å². The summed E-state index contributed by atoms with van der Waals surface area (Å²) in [6.45, 7) is 0. The van der Waals surface area contributed by atoms with E-state index in [9.17, 15) is 0 Å². The highest BCUT2D eigenvalue weighted by Crippen LogP contribution is 2.16. The molecule has 0 aromatic heterocycles. The molecule has 0 radical (unpaired) electrons. The Labute approximate surface area is 48.1 Å². The summed E-state index contributed by atoms with van der Waals surface area (Å²) >= 11 is 0. The van der Waals surface area contributed by atoms with E-state index in [1.165, 1.54) is 0 Å². The molecule has 0 amide bonds. The molecule has 0 saturated heterocycles. The van der Waals surface area contributed by atoms with E-state index in [0.717, 1.165) is 0 Å². The second-order valence-electron chi connectivity index (χ2n) is 2.29. The van der Waals surface area contributed by atoms with Crippen molar-refractivity contribution >= 4 is 0 Å². The van der Waals surface area contributed by atoms with E-state index in [-0.39, 0.29) is 0 Å². The van der Waals surface area contributed by atoms with Crippen LogP contribution in [0.2, 0.25) is 0 Å². The summed E-state index contributed by atoms with van der Waals surface area (Å²) in [5, 5.41) is 17.8. The van der Waals surface area contributed by atoms with Crippen molar-refractivity contribution in [1.29, 1.82) is 0 Å². The molecule has 1 aliphatic carbocycles. The van der Waals surface area contributed by atoms with E-state index in [0.29, 0.717) is 12.8 Å². The van der Waals surface area contributed by atoms with Gasteiger partial charge in [-0.2, -0.15) is 0 Å². The maximum atomic E-state index is 8.88. The standard InChI is InChI=1S/C5H11NO2/c6-5-3(7)1-2-4(5)8/h3-5,7-8H,1-2,6H2/t3-,4-/m0/s1. The Bertz CT molecular complexity index is 76.5. The summed E-state index contributed by atoms with van der Waals surface area (Å²) in [4.78, 5) is 0. The van der Waals surface area contributed by atoms with Crippen molar-refractivity contribution in [3.05, 3.63) is 0 Å². The molecule has 3 heteroatoms. The molecule has 0 bridgehead atoms. The first-order valence-electron chi connectivity index (χ1n) is 2.83. The molecule has 0 spiro atoms. The molecule has 1 saturated carbocycles. The molecule has 2 atom stereocenters. The molecule has 1 aliphatic rings. The van der Waals surface area contributed by atoms with Crippen molar-refractivity contribution in [1.82, 2.24) is 0 Å². The highest BCUT2D eigenvalue weighted by Gasteiger charge is 2.29. The summed E-state index contributed by atoms with van der Waals surface area (Å²) in [6.07, 6.45) is 0.319. The summed E-state index contributed by atoms with van der Waals surface area (Å²) in [5.41, 5.74) is 5.32. The average Bonchev–Trinajstić information content (AvgIpc) is 1.98. The predicted molar refractivity (Wildman–Crippen MR) is 29.2 cm³/mol. The second-order valence-corrected chi connectivity index (χ2v) is 2.29. The first-order valence-corrected chi connectivity index (χ1v) is 2.83. The summed E-state index contributed by atoms with van der Waals surface area (Å²) in [6, 6.07) is -0.407. The van der Waals surface area contributed by atoms with Crippen molar-refractivity contribution in [2.45, 2.75) is 31.1 Å². The number of aliphatic hydroxyl groups is 2. The zero-order valence-electron chi connectivity index (χ0n) is 4.62. The summed E-state index contributed by atoms with van der Waals surface area (Å²) < 4.78 is 0. The van der Waals surface area contributed by atoms with Gasteiger partial charge >= 0.3 is 0 Å². The van der Waals surface area contributed by atoms with Gasteiger partial charge in [-0.3, -0.25) is 0 Å². The quantitative estimate of drug-likeness (QED) is 0.374. The van der Waals surface area contributed by atoms with Crippen LogP contribution in [-0.2, 0) is 0 Å². The van der Waals surface area contributed by atoms with Crippen LogP contribution in [0.5, 0.6) is 0 Å². The van der Waals surface area contributed by atoms with E-state index in [1.54, 1.807) is 0 Å². The van der Waals surface area contributed by atoms with Gasteiger partial charge in [0.2, 0.25) is 0 Å². The topological polar surface area (TPSA) is 66.5 Å². The molecular weight excluding hydrogens is 106 g/mol. The molecule has 0 aromatic carbocycles. The lowest BCUT2D eigenvalue weighted by Crippen LogP contribution is -2.37. The number of hydrogen-bond donors (Lipinski definition) is 3. The minimum absolute atomic E-state index is 0.407. The molecule has 0 heterocycles. The lowest BCUT2D eigenvalue weighted by molar-refractivity contribution is 0.110. The number of nitrogens with two attached hydrogens (primary N) is 1. The second kappa shape index (κ2) is 2.01. The number of hydrogen-bond acceptors (Lipinski definition) is 3. The van der Waals surface area contributed by atoms with Gasteiger partial charge < -0.3 is 15.9 Å². The van der Waals surface area contributed by atoms with Crippen LogP contribution in [0.4, 0.5) is 0 Å². The van der Waals surface area contributed by atoms with Crippen molar-refractivity contribution in [3.8, 4) is 0 Å². The van der Waals surface area contributed by atoms with Gasteiger partial charge in [0, 0.05) is 0 Å². The molecular formula is C5H11NO2. The van der Waals surface area contributed by atoms with Crippen molar-refractivity contribution in [2.75, 3.05) is 0 Å². The highest BCUT2D eigenvalue weighted by atomic mass is 16.3. The Kier molecular flexibility index (Phi) is 1.51. The summed E-state index contributed by atoms with van der Waals surface area (Å²) in [5.74, 6) is 0. The van der Waals surface area contributed by atoms with Crippen LogP contribution >= 0.6 is 0 Å². The molecule has 0 aliphatic heterocycles. The van der Waals surface area contributed by atoms with E-state index >= 15 is 0 Å². The van der Waals surface area contributed by atoms with Crippen LogP contribution in [-0.4, -0.2) is 28.5 Å². The van der Waals surface area contributed by atoms with E-state index in [1.807, 2.05) is 0 Å². The first-order chi connectivity index (χ1) is 3.72. The third-order valence-corrected chi connectivity index (χ3v) is 1.65. The van der Waals surface area contributed by atoms with Crippen molar-refractivity contribution in [3.63, 3.8) is 0 Å². The third-order valence-electron chi connectivity index (χ3n) is 1.65. The molecule has 4 N–H and O–H groups in total. The molecule has 1 rings (SSSR count). The van der Waals surface area contributed by atoms with E-state index in [2.05, 4.69) is 0 Å². The number of rotatable bonds is 0. The largest absolute Gasteiger partial charge is 0.391 e. The van der Waals surface area contributed by atoms with E-state index in [4.69, 9.17) is 15.9 Å². The lowest BCUT2D eigenvalue weighted by atomic mass is 10.2. The zero-order valence-corrected chi connectivity index (χ0v) is 4.62. The van der Waals surface area contributed by atoms with E-state index < -0.39 is 18.2 Å². The predicted octanol–water partition coefficient (Wildman–Crippen LogP) is -1.17. The highest BCUT2D eigenvalue weighted by molar-refractivity contribution is 4.86. The Balaban J connectivity index is 2.44. The maximum absolute atomic E-state index is 8.88. The van der Waals surface area contributed by atoms with Gasteiger partial charge in [-0.1, -0.05) is 0 Å². The van der Waals surface area contributed by atoms with Crippen LogP contribution in [0.3, 0.4) is 0 Å². The Hall–Kier alpha value is -0.120. The molecule has 8 heavy (non-hydrogen) atoms. The molecule has 3 nitrogen and oxygen atoms in total. The lowest BCUT2D eigenvalue weighted by Gasteiger charge is -2.10. The fourth-order valence-corrected chi connectivity index (χ4v) is 0.983. The monoisotopic (exact) mass is 117 g/mol. The van der Waals surface area contributed by atoms with Crippen molar-refractivity contribution < 1.29 is 10.2 Å². The Morgan fingerprint density at radius 2 is 1.50 bits per heavy atom. The Morgan fingerprint density at radius 3 is 1.62 bits per heavy atom.